The molecular weight excluding hydrogens is 156 g/mol. The molecule has 0 aliphatic carbocycles. The van der Waals surface area contributed by atoms with Gasteiger partial charge in [-0.3, -0.25) is 4.79 Å². The summed E-state index contributed by atoms with van der Waals surface area (Å²) in [6.07, 6.45) is 1.82. The summed E-state index contributed by atoms with van der Waals surface area (Å²) in [5, 5.41) is 0. The first-order valence-electron chi connectivity index (χ1n) is 3.70. The summed E-state index contributed by atoms with van der Waals surface area (Å²) in [6.45, 7) is 1.75. The maximum Gasteiger partial charge on any atom is 0.228 e. The number of aromatic nitrogens is 1. The van der Waals surface area contributed by atoms with Crippen LogP contribution in [0.3, 0.4) is 0 Å². The fourth-order valence-electron chi connectivity index (χ4n) is 0.802. The van der Waals surface area contributed by atoms with E-state index in [0.717, 1.165) is 0 Å². The van der Waals surface area contributed by atoms with Crippen LogP contribution in [0.4, 0.5) is 0 Å². The Morgan fingerprint density at radius 1 is 1.67 bits per heavy atom. The van der Waals surface area contributed by atoms with E-state index >= 15 is 0 Å². The number of likely N-dealkylation sites (N-methyl/N-ethyl adjacent to an activating group) is 1. The molecule has 4 heteroatoms. The monoisotopic (exact) mass is 168 g/mol. The van der Waals surface area contributed by atoms with Gasteiger partial charge in [-0.05, 0) is 0 Å². The Labute approximate surface area is 71.2 Å². The van der Waals surface area contributed by atoms with E-state index in [2.05, 4.69) is 4.98 Å². The van der Waals surface area contributed by atoms with Gasteiger partial charge >= 0.3 is 0 Å². The number of hydrogen-bond donors (Lipinski definition) is 0. The predicted octanol–water partition coefficient (Wildman–Crippen LogP) is 0.614. The van der Waals surface area contributed by atoms with Crippen molar-refractivity contribution in [3.63, 3.8) is 0 Å². The zero-order valence-electron chi connectivity index (χ0n) is 7.50. The molecule has 0 bridgehead atoms. The number of carbonyl (C=O) groups is 1. The van der Waals surface area contributed by atoms with Crippen molar-refractivity contribution < 1.29 is 9.21 Å². The van der Waals surface area contributed by atoms with E-state index in [1.807, 2.05) is 0 Å². The zero-order valence-corrected chi connectivity index (χ0v) is 7.50. The van der Waals surface area contributed by atoms with Gasteiger partial charge in [-0.25, -0.2) is 4.98 Å². The average Bonchev–Trinajstić information content (AvgIpc) is 2.35. The van der Waals surface area contributed by atoms with Crippen LogP contribution < -0.4 is 0 Å². The molecule has 1 amide bonds. The third-order valence-electron chi connectivity index (χ3n) is 1.50. The molecule has 0 aliphatic rings. The Bertz CT molecular complexity index is 278. The highest BCUT2D eigenvalue weighted by molar-refractivity contribution is 5.77. The number of nitrogens with zero attached hydrogens (tertiary/aromatic N) is 2. The number of rotatable bonds is 2. The molecule has 1 heterocycles. The molecule has 0 unspecified atom stereocenters. The van der Waals surface area contributed by atoms with Gasteiger partial charge in [0, 0.05) is 21.0 Å². The van der Waals surface area contributed by atoms with Crippen molar-refractivity contribution in [1.29, 1.82) is 0 Å². The minimum atomic E-state index is 0.0308. The van der Waals surface area contributed by atoms with Crippen LogP contribution in [-0.4, -0.2) is 29.9 Å². The summed E-state index contributed by atoms with van der Waals surface area (Å²) in [7, 11) is 3.44. The average molecular weight is 168 g/mol. The van der Waals surface area contributed by atoms with Crippen LogP contribution in [0.5, 0.6) is 0 Å². The van der Waals surface area contributed by atoms with Gasteiger partial charge in [-0.2, -0.15) is 0 Å². The second-order valence-electron chi connectivity index (χ2n) is 2.82. The molecule has 0 N–H and O–H groups in total. The van der Waals surface area contributed by atoms with Crippen molar-refractivity contribution in [1.82, 2.24) is 9.88 Å². The summed E-state index contributed by atoms with van der Waals surface area (Å²) in [6, 6.07) is 0. The van der Waals surface area contributed by atoms with Gasteiger partial charge in [-0.15, -0.1) is 0 Å². The van der Waals surface area contributed by atoms with Crippen molar-refractivity contribution >= 4 is 5.91 Å². The summed E-state index contributed by atoms with van der Waals surface area (Å²) >= 11 is 0. The highest BCUT2D eigenvalue weighted by atomic mass is 16.3. The molecule has 66 valence electrons. The maximum atomic E-state index is 11.2. The van der Waals surface area contributed by atoms with Gasteiger partial charge in [0.25, 0.3) is 0 Å². The molecule has 1 rings (SSSR count). The molecule has 0 aromatic carbocycles. The lowest BCUT2D eigenvalue weighted by molar-refractivity contribution is -0.128. The summed E-state index contributed by atoms with van der Waals surface area (Å²) in [5.74, 6) is 0.625. The Hall–Kier alpha value is -1.32. The third kappa shape index (κ3) is 2.08. The number of hydrogen-bond acceptors (Lipinski definition) is 3. The van der Waals surface area contributed by atoms with E-state index in [9.17, 15) is 4.79 Å². The van der Waals surface area contributed by atoms with Crippen molar-refractivity contribution in [2.75, 3.05) is 14.1 Å². The Morgan fingerprint density at radius 3 is 2.75 bits per heavy atom. The fourth-order valence-corrected chi connectivity index (χ4v) is 0.802. The molecule has 1 aromatic heterocycles. The van der Waals surface area contributed by atoms with Crippen LogP contribution >= 0.6 is 0 Å². The van der Waals surface area contributed by atoms with Crippen LogP contribution in [0.15, 0.2) is 10.7 Å². The quantitative estimate of drug-likeness (QED) is 0.650. The highest BCUT2D eigenvalue weighted by Gasteiger charge is 2.08. The standard InChI is InChI=1S/C8H12N2O2/c1-6-9-7(5-12-6)4-8(11)10(2)3/h5H,4H2,1-3H3. The lowest BCUT2D eigenvalue weighted by atomic mass is 10.3. The fraction of sp³-hybridized carbons (Fsp3) is 0.500. The van der Waals surface area contributed by atoms with E-state index in [0.29, 0.717) is 18.0 Å². The summed E-state index contributed by atoms with van der Waals surface area (Å²) in [5.41, 5.74) is 0.686. The first kappa shape index (κ1) is 8.77. The largest absolute Gasteiger partial charge is 0.449 e. The van der Waals surface area contributed by atoms with Gasteiger partial charge in [-0.1, -0.05) is 0 Å². The Kier molecular flexibility index (Phi) is 2.47. The molecule has 0 aliphatic heterocycles. The molecule has 0 atom stereocenters. The van der Waals surface area contributed by atoms with Gasteiger partial charge in [0.1, 0.15) is 6.26 Å². The third-order valence-corrected chi connectivity index (χ3v) is 1.50. The van der Waals surface area contributed by atoms with E-state index in [4.69, 9.17) is 4.42 Å². The van der Waals surface area contributed by atoms with Crippen LogP contribution in [0.1, 0.15) is 11.6 Å². The van der Waals surface area contributed by atoms with Crippen molar-refractivity contribution in [2.24, 2.45) is 0 Å². The first-order chi connectivity index (χ1) is 5.59. The van der Waals surface area contributed by atoms with E-state index in [1.165, 1.54) is 11.2 Å². The number of amides is 1. The normalized spacial score (nSPS) is 9.92. The Balaban J connectivity index is 2.58. The van der Waals surface area contributed by atoms with Gasteiger partial charge in [0.05, 0.1) is 12.1 Å². The topological polar surface area (TPSA) is 46.3 Å². The molecule has 12 heavy (non-hydrogen) atoms. The molecule has 0 fully saturated rings. The molecule has 0 saturated carbocycles. The minimum Gasteiger partial charge on any atom is -0.449 e. The van der Waals surface area contributed by atoms with Crippen molar-refractivity contribution in [2.45, 2.75) is 13.3 Å². The Morgan fingerprint density at radius 2 is 2.33 bits per heavy atom. The van der Waals surface area contributed by atoms with Crippen LogP contribution in [-0.2, 0) is 11.2 Å². The molecule has 0 saturated heterocycles. The molecule has 1 aromatic rings. The lowest BCUT2D eigenvalue weighted by Gasteiger charge is -2.07. The molecular formula is C8H12N2O2. The number of carbonyl (C=O) groups excluding carboxylic acids is 1. The second kappa shape index (κ2) is 3.38. The van der Waals surface area contributed by atoms with Crippen LogP contribution in [0.2, 0.25) is 0 Å². The smallest absolute Gasteiger partial charge is 0.228 e. The van der Waals surface area contributed by atoms with Crippen molar-refractivity contribution in [3.8, 4) is 0 Å². The van der Waals surface area contributed by atoms with Gasteiger partial charge < -0.3 is 9.32 Å². The highest BCUT2D eigenvalue weighted by Crippen LogP contribution is 2.01. The van der Waals surface area contributed by atoms with Gasteiger partial charge in [0.15, 0.2) is 5.89 Å². The van der Waals surface area contributed by atoms with E-state index in [1.54, 1.807) is 21.0 Å². The maximum absolute atomic E-state index is 11.2. The summed E-state index contributed by atoms with van der Waals surface area (Å²) < 4.78 is 4.96. The second-order valence-corrected chi connectivity index (χ2v) is 2.82. The first-order valence-corrected chi connectivity index (χ1v) is 3.70. The number of oxazole rings is 1. The molecule has 4 nitrogen and oxygen atoms in total. The minimum absolute atomic E-state index is 0.0308. The summed E-state index contributed by atoms with van der Waals surface area (Å²) in [4.78, 5) is 16.7. The zero-order chi connectivity index (χ0) is 9.14. The molecule has 0 radical (unpaired) electrons. The molecule has 0 spiro atoms. The van der Waals surface area contributed by atoms with E-state index in [-0.39, 0.29) is 5.91 Å². The lowest BCUT2D eigenvalue weighted by Crippen LogP contribution is -2.23. The van der Waals surface area contributed by atoms with E-state index < -0.39 is 0 Å². The number of aryl methyl sites for hydroxylation is 1. The predicted molar refractivity (Wildman–Crippen MR) is 43.6 cm³/mol. The van der Waals surface area contributed by atoms with Crippen LogP contribution in [0, 0.1) is 6.92 Å². The van der Waals surface area contributed by atoms with Crippen LogP contribution in [0.25, 0.3) is 0 Å². The SMILES string of the molecule is Cc1nc(CC(=O)N(C)C)co1. The van der Waals surface area contributed by atoms with Gasteiger partial charge in [0.2, 0.25) is 5.91 Å². The van der Waals surface area contributed by atoms with Crippen molar-refractivity contribution in [3.05, 3.63) is 17.8 Å².